The number of nitrogens with zero attached hydrogens (tertiary/aromatic N) is 3. The highest BCUT2D eigenvalue weighted by Gasteiger charge is 2.21. The minimum atomic E-state index is -0.747. The highest BCUT2D eigenvalue weighted by atomic mass is 35.5. The monoisotopic (exact) mass is 499 g/mol. The van der Waals surface area contributed by atoms with Crippen LogP contribution in [-0.2, 0) is 0 Å². The first-order valence-electron chi connectivity index (χ1n) is 11.0. The molecule has 0 N–H and O–H groups in total. The van der Waals surface area contributed by atoms with E-state index in [0.717, 1.165) is 17.0 Å². The lowest BCUT2D eigenvalue weighted by atomic mass is 10.2. The van der Waals surface area contributed by atoms with Gasteiger partial charge in [0.1, 0.15) is 23.8 Å². The molecular weight excluding hydrogens is 477 g/mol. The van der Waals surface area contributed by atoms with Crippen LogP contribution < -0.4 is 15.0 Å². The second-order valence-electron chi connectivity index (χ2n) is 8.12. The maximum absolute atomic E-state index is 13.3. The number of rotatable bonds is 7. The van der Waals surface area contributed by atoms with Crippen molar-refractivity contribution in [1.82, 2.24) is 14.5 Å². The number of hydrogen-bond acceptors (Lipinski definition) is 6. The van der Waals surface area contributed by atoms with Crippen molar-refractivity contribution in [2.45, 2.75) is 12.6 Å². The Bertz CT molecular complexity index is 1370. The van der Waals surface area contributed by atoms with E-state index in [2.05, 4.69) is 4.98 Å². The summed E-state index contributed by atoms with van der Waals surface area (Å²) in [5, 5.41) is 0.663. The molecule has 2 aromatic heterocycles. The Hall–Kier alpha value is -2.94. The van der Waals surface area contributed by atoms with E-state index in [0.29, 0.717) is 58.5 Å². The third-order valence-electron chi connectivity index (χ3n) is 5.87. The van der Waals surface area contributed by atoms with Crippen molar-refractivity contribution >= 4 is 33.2 Å². The Morgan fingerprint density at radius 1 is 1.18 bits per heavy atom. The molecule has 34 heavy (non-hydrogen) atoms. The van der Waals surface area contributed by atoms with Crippen molar-refractivity contribution in [2.24, 2.45) is 0 Å². The molecule has 1 aliphatic rings. The van der Waals surface area contributed by atoms with E-state index in [1.807, 2.05) is 35.2 Å². The summed E-state index contributed by atoms with van der Waals surface area (Å²) in [5.74, 6) is 1.09. The van der Waals surface area contributed by atoms with Gasteiger partial charge in [0, 0.05) is 35.6 Å². The number of likely N-dealkylation sites (tertiary alicyclic amines) is 1. The van der Waals surface area contributed by atoms with Crippen LogP contribution in [0.25, 0.3) is 26.3 Å². The Morgan fingerprint density at radius 3 is 2.74 bits per heavy atom. The molecule has 0 aliphatic carbocycles. The molecule has 2 aromatic carbocycles. The lowest BCUT2D eigenvalue weighted by Gasteiger charge is -2.17. The van der Waals surface area contributed by atoms with Crippen LogP contribution in [0.5, 0.6) is 11.5 Å². The molecule has 6 nitrogen and oxygen atoms in total. The fourth-order valence-electron chi connectivity index (χ4n) is 4.05. The standard InChI is InChI=1S/C25H23ClFN3O3S/c1-32-22-12-19(6-7-21(22)33-11-10-29-9-8-18(27)14-29)30-15-28-20-13-23(34-24(20)25(30)31)16-2-4-17(26)5-3-16/h2-7,12-13,15,18H,8-11,14H2,1H3. The summed E-state index contributed by atoms with van der Waals surface area (Å²) < 4.78 is 26.8. The second-order valence-corrected chi connectivity index (χ2v) is 9.61. The minimum Gasteiger partial charge on any atom is -0.493 e. The zero-order chi connectivity index (χ0) is 23.7. The SMILES string of the molecule is COc1cc(-n2cnc3cc(-c4ccc(Cl)cc4)sc3c2=O)ccc1OCCN1CCC(F)C1. The number of benzene rings is 2. The fourth-order valence-corrected chi connectivity index (χ4v) is 5.22. The third kappa shape index (κ3) is 4.66. The smallest absolute Gasteiger partial charge is 0.275 e. The molecule has 1 saturated heterocycles. The van der Waals surface area contributed by atoms with Crippen molar-refractivity contribution < 1.29 is 13.9 Å². The molecule has 1 aliphatic heterocycles. The number of halogens is 2. The predicted octanol–water partition coefficient (Wildman–Crippen LogP) is 5.20. The number of aromatic nitrogens is 2. The van der Waals surface area contributed by atoms with Gasteiger partial charge in [-0.3, -0.25) is 14.3 Å². The molecular formula is C25H23ClFN3O3S. The maximum atomic E-state index is 13.3. The average molecular weight is 500 g/mol. The van der Waals surface area contributed by atoms with Crippen molar-refractivity contribution in [1.29, 1.82) is 0 Å². The molecule has 1 fully saturated rings. The van der Waals surface area contributed by atoms with Gasteiger partial charge >= 0.3 is 0 Å². The molecule has 1 unspecified atom stereocenters. The van der Waals surface area contributed by atoms with E-state index in [-0.39, 0.29) is 5.56 Å². The van der Waals surface area contributed by atoms with E-state index in [1.54, 1.807) is 25.3 Å². The van der Waals surface area contributed by atoms with Crippen LogP contribution in [0.15, 0.2) is 59.7 Å². The van der Waals surface area contributed by atoms with E-state index in [9.17, 15) is 9.18 Å². The number of fused-ring (bicyclic) bond motifs is 1. The second kappa shape index (κ2) is 9.74. The first-order chi connectivity index (χ1) is 16.5. The topological polar surface area (TPSA) is 56.6 Å². The molecule has 4 aromatic rings. The van der Waals surface area contributed by atoms with Crippen molar-refractivity contribution in [3.05, 3.63) is 70.2 Å². The van der Waals surface area contributed by atoms with Crippen molar-refractivity contribution in [3.63, 3.8) is 0 Å². The lowest BCUT2D eigenvalue weighted by molar-refractivity contribution is 0.219. The van der Waals surface area contributed by atoms with Crippen molar-refractivity contribution in [3.8, 4) is 27.6 Å². The highest BCUT2D eigenvalue weighted by Crippen LogP contribution is 2.33. The van der Waals surface area contributed by atoms with Gasteiger partial charge in [-0.05, 0) is 42.3 Å². The van der Waals surface area contributed by atoms with Gasteiger partial charge in [-0.25, -0.2) is 9.37 Å². The zero-order valence-corrected chi connectivity index (χ0v) is 20.1. The molecule has 0 amide bonds. The Balaban J connectivity index is 1.38. The third-order valence-corrected chi connectivity index (χ3v) is 7.29. The van der Waals surface area contributed by atoms with Gasteiger partial charge in [-0.1, -0.05) is 23.7 Å². The summed E-state index contributed by atoms with van der Waals surface area (Å²) in [6.45, 7) is 2.29. The zero-order valence-electron chi connectivity index (χ0n) is 18.5. The van der Waals surface area contributed by atoms with E-state index in [1.165, 1.54) is 22.2 Å². The molecule has 3 heterocycles. The van der Waals surface area contributed by atoms with Gasteiger partial charge in [0.15, 0.2) is 11.5 Å². The van der Waals surface area contributed by atoms with Gasteiger partial charge < -0.3 is 9.47 Å². The molecule has 1 atom stereocenters. The summed E-state index contributed by atoms with van der Waals surface area (Å²) in [5.41, 5.74) is 2.11. The fraction of sp³-hybridized carbons (Fsp3) is 0.280. The number of alkyl halides is 1. The normalized spacial score (nSPS) is 16.3. The number of methoxy groups -OCH3 is 1. The van der Waals surface area contributed by atoms with Crippen LogP contribution in [0.2, 0.25) is 5.02 Å². The van der Waals surface area contributed by atoms with Crippen LogP contribution in [0.1, 0.15) is 6.42 Å². The molecule has 0 bridgehead atoms. The summed E-state index contributed by atoms with van der Waals surface area (Å²) in [7, 11) is 1.56. The molecule has 0 radical (unpaired) electrons. The summed E-state index contributed by atoms with van der Waals surface area (Å²) >= 11 is 7.39. The van der Waals surface area contributed by atoms with Gasteiger partial charge in [-0.15, -0.1) is 11.3 Å². The molecule has 5 rings (SSSR count). The van der Waals surface area contributed by atoms with Crippen LogP contribution in [0.3, 0.4) is 0 Å². The number of ether oxygens (including phenoxy) is 2. The first kappa shape index (κ1) is 22.8. The lowest BCUT2D eigenvalue weighted by Crippen LogP contribution is -2.26. The molecule has 9 heteroatoms. The minimum absolute atomic E-state index is 0.152. The Labute approximate surface area is 205 Å². The molecule has 0 spiro atoms. The van der Waals surface area contributed by atoms with Gasteiger partial charge in [0.2, 0.25) is 0 Å². The van der Waals surface area contributed by atoms with E-state index >= 15 is 0 Å². The van der Waals surface area contributed by atoms with E-state index in [4.69, 9.17) is 21.1 Å². The van der Waals surface area contributed by atoms with Crippen LogP contribution >= 0.6 is 22.9 Å². The van der Waals surface area contributed by atoms with Crippen LogP contribution in [0, 0.1) is 0 Å². The Kier molecular flexibility index (Phi) is 6.54. The summed E-state index contributed by atoms with van der Waals surface area (Å²) in [6, 6.07) is 14.7. The van der Waals surface area contributed by atoms with Crippen LogP contribution in [-0.4, -0.2) is 54.0 Å². The van der Waals surface area contributed by atoms with Gasteiger partial charge in [0.25, 0.3) is 5.56 Å². The largest absolute Gasteiger partial charge is 0.493 e. The number of hydrogen-bond donors (Lipinski definition) is 0. The number of thiophene rings is 1. The molecule has 176 valence electrons. The van der Waals surface area contributed by atoms with E-state index < -0.39 is 6.17 Å². The van der Waals surface area contributed by atoms with Gasteiger partial charge in [0.05, 0.1) is 18.3 Å². The van der Waals surface area contributed by atoms with Gasteiger partial charge in [-0.2, -0.15) is 0 Å². The molecule has 0 saturated carbocycles. The first-order valence-corrected chi connectivity index (χ1v) is 12.2. The Morgan fingerprint density at radius 2 is 2.00 bits per heavy atom. The van der Waals surface area contributed by atoms with Crippen LogP contribution in [0.4, 0.5) is 4.39 Å². The van der Waals surface area contributed by atoms with Crippen molar-refractivity contribution in [2.75, 3.05) is 33.4 Å². The summed E-state index contributed by atoms with van der Waals surface area (Å²) in [6.07, 6.45) is 1.36. The average Bonchev–Trinajstić information content (AvgIpc) is 3.47. The maximum Gasteiger partial charge on any atom is 0.275 e. The highest BCUT2D eigenvalue weighted by molar-refractivity contribution is 7.22. The predicted molar refractivity (Wildman–Crippen MR) is 134 cm³/mol. The quantitative estimate of drug-likeness (QED) is 0.350. The summed E-state index contributed by atoms with van der Waals surface area (Å²) in [4.78, 5) is 20.8.